The van der Waals surface area contributed by atoms with E-state index in [0.29, 0.717) is 0 Å². The van der Waals surface area contributed by atoms with Gasteiger partial charge in [0.1, 0.15) is 5.82 Å². The average molecular weight is 305 g/mol. The van der Waals surface area contributed by atoms with Crippen molar-refractivity contribution < 1.29 is 0 Å². The van der Waals surface area contributed by atoms with Crippen LogP contribution < -0.4 is 5.32 Å². The van der Waals surface area contributed by atoms with Crippen LogP contribution in [0.15, 0.2) is 42.5 Å². The Hall–Kier alpha value is -2.17. The van der Waals surface area contributed by atoms with Crippen molar-refractivity contribution in [1.82, 2.24) is 15.3 Å². The lowest BCUT2D eigenvalue weighted by atomic mass is 10.1. The zero-order valence-electron chi connectivity index (χ0n) is 12.0. The minimum absolute atomic E-state index is 0.894. The highest BCUT2D eigenvalue weighted by Gasteiger charge is 2.17. The Labute approximate surface area is 132 Å². The molecule has 0 spiro atoms. The van der Waals surface area contributed by atoms with Crippen LogP contribution in [0.25, 0.3) is 31.6 Å². The summed E-state index contributed by atoms with van der Waals surface area (Å²) in [6.45, 7) is 1.91. The van der Waals surface area contributed by atoms with Gasteiger partial charge < -0.3 is 10.3 Å². The molecule has 0 fully saturated rings. The molecule has 2 N–H and O–H groups in total. The molecular formula is C18H15N3S. The Balaban J connectivity index is 1.79. The molecule has 4 aromatic rings. The first-order valence-electron chi connectivity index (χ1n) is 7.59. The molecule has 2 aromatic heterocycles. The highest BCUT2D eigenvalue weighted by molar-refractivity contribution is 7.26. The second-order valence-electron chi connectivity index (χ2n) is 5.72. The van der Waals surface area contributed by atoms with Gasteiger partial charge in [-0.05, 0) is 12.1 Å². The number of imidazole rings is 1. The number of hydrogen-bond donors (Lipinski definition) is 2. The third kappa shape index (κ3) is 1.74. The van der Waals surface area contributed by atoms with Gasteiger partial charge in [-0.15, -0.1) is 11.3 Å². The fourth-order valence-electron chi connectivity index (χ4n) is 3.28. The summed E-state index contributed by atoms with van der Waals surface area (Å²) in [5.74, 6) is 1.01. The molecule has 108 valence electrons. The average Bonchev–Trinajstić information content (AvgIpc) is 3.15. The van der Waals surface area contributed by atoms with Crippen LogP contribution in [0.1, 0.15) is 11.4 Å². The van der Waals surface area contributed by atoms with E-state index in [4.69, 9.17) is 4.98 Å². The standard InChI is InChI=1S/C18H15N3S/c1-2-7-16-11(4-1)12-5-3-6-13(17(12)22-16)18-20-14-8-9-19-10-15(14)21-18/h1-7,19H,8-10H2,(H,20,21). The van der Waals surface area contributed by atoms with Gasteiger partial charge >= 0.3 is 0 Å². The number of rotatable bonds is 1. The summed E-state index contributed by atoms with van der Waals surface area (Å²) in [7, 11) is 0. The molecule has 1 aliphatic heterocycles. The molecule has 3 heterocycles. The van der Waals surface area contributed by atoms with Gasteiger partial charge in [-0.25, -0.2) is 4.98 Å². The smallest absolute Gasteiger partial charge is 0.139 e. The van der Waals surface area contributed by atoms with Gasteiger partial charge in [0.15, 0.2) is 0 Å². The molecule has 22 heavy (non-hydrogen) atoms. The van der Waals surface area contributed by atoms with Gasteiger partial charge in [0.2, 0.25) is 0 Å². The molecule has 0 atom stereocenters. The molecule has 0 aliphatic carbocycles. The Kier molecular flexibility index (Phi) is 2.62. The first-order valence-corrected chi connectivity index (χ1v) is 8.41. The molecule has 0 amide bonds. The number of H-pyrrole nitrogens is 1. The highest BCUT2D eigenvalue weighted by atomic mass is 32.1. The number of aromatic nitrogens is 2. The Morgan fingerprint density at radius 3 is 2.86 bits per heavy atom. The number of thiophene rings is 1. The zero-order chi connectivity index (χ0) is 14.5. The molecule has 0 bridgehead atoms. The number of nitrogens with zero attached hydrogens (tertiary/aromatic N) is 1. The number of benzene rings is 2. The van der Waals surface area contributed by atoms with E-state index in [1.807, 2.05) is 11.3 Å². The lowest BCUT2D eigenvalue weighted by molar-refractivity contribution is 0.627. The second-order valence-corrected chi connectivity index (χ2v) is 6.77. The van der Waals surface area contributed by atoms with Gasteiger partial charge in [0.05, 0.1) is 11.4 Å². The van der Waals surface area contributed by atoms with Crippen molar-refractivity contribution in [2.45, 2.75) is 13.0 Å². The van der Waals surface area contributed by atoms with Crippen LogP contribution >= 0.6 is 11.3 Å². The lowest BCUT2D eigenvalue weighted by Crippen LogP contribution is -2.23. The van der Waals surface area contributed by atoms with Crippen molar-refractivity contribution in [2.24, 2.45) is 0 Å². The molecule has 5 rings (SSSR count). The van der Waals surface area contributed by atoms with Crippen LogP contribution in [0, 0.1) is 0 Å². The number of fused-ring (bicyclic) bond motifs is 4. The maximum atomic E-state index is 4.85. The summed E-state index contributed by atoms with van der Waals surface area (Å²) in [6.07, 6.45) is 1.01. The van der Waals surface area contributed by atoms with E-state index in [1.165, 1.54) is 37.1 Å². The summed E-state index contributed by atoms with van der Waals surface area (Å²) in [4.78, 5) is 8.37. The zero-order valence-corrected chi connectivity index (χ0v) is 12.8. The van der Waals surface area contributed by atoms with Gasteiger partial charge in [0.25, 0.3) is 0 Å². The van der Waals surface area contributed by atoms with Gasteiger partial charge in [-0.1, -0.05) is 30.3 Å². The van der Waals surface area contributed by atoms with Gasteiger partial charge in [-0.2, -0.15) is 0 Å². The van der Waals surface area contributed by atoms with E-state index >= 15 is 0 Å². The normalized spacial score (nSPS) is 14.5. The topological polar surface area (TPSA) is 40.7 Å². The molecule has 0 saturated heterocycles. The van der Waals surface area contributed by atoms with E-state index in [9.17, 15) is 0 Å². The first-order chi connectivity index (χ1) is 10.9. The summed E-state index contributed by atoms with van der Waals surface area (Å²) >= 11 is 1.85. The highest BCUT2D eigenvalue weighted by Crippen LogP contribution is 2.39. The molecule has 0 unspecified atom stereocenters. The van der Waals surface area contributed by atoms with E-state index < -0.39 is 0 Å². The fraction of sp³-hybridized carbons (Fsp3) is 0.167. The van der Waals surface area contributed by atoms with Crippen LogP contribution in [0.3, 0.4) is 0 Å². The van der Waals surface area contributed by atoms with Crippen molar-refractivity contribution in [2.75, 3.05) is 6.54 Å². The Bertz CT molecular complexity index is 973. The quantitative estimate of drug-likeness (QED) is 0.556. The molecular weight excluding hydrogens is 290 g/mol. The second kappa shape index (κ2) is 4.66. The van der Waals surface area contributed by atoms with Crippen LogP contribution in [0.4, 0.5) is 0 Å². The maximum absolute atomic E-state index is 4.85. The lowest BCUT2D eigenvalue weighted by Gasteiger charge is -2.09. The van der Waals surface area contributed by atoms with E-state index in [1.54, 1.807) is 0 Å². The van der Waals surface area contributed by atoms with E-state index in [0.717, 1.165) is 25.3 Å². The molecule has 3 nitrogen and oxygen atoms in total. The molecule has 0 saturated carbocycles. The van der Waals surface area contributed by atoms with Gasteiger partial charge in [0, 0.05) is 45.2 Å². The predicted molar refractivity (Wildman–Crippen MR) is 92.3 cm³/mol. The fourth-order valence-corrected chi connectivity index (χ4v) is 4.50. The minimum Gasteiger partial charge on any atom is -0.341 e. The number of hydrogen-bond acceptors (Lipinski definition) is 3. The summed E-state index contributed by atoms with van der Waals surface area (Å²) in [6, 6.07) is 15.1. The monoisotopic (exact) mass is 305 g/mol. The number of aromatic amines is 1. The SMILES string of the molecule is c1ccc2c(c1)sc1c(-c3nc4c([nH]3)CNCC4)cccc12. The molecule has 1 aliphatic rings. The van der Waals surface area contributed by atoms with Crippen molar-refractivity contribution in [3.63, 3.8) is 0 Å². The first kappa shape index (κ1) is 12.4. The molecule has 2 aromatic carbocycles. The van der Waals surface area contributed by atoms with E-state index in [-0.39, 0.29) is 0 Å². The molecule has 0 radical (unpaired) electrons. The third-order valence-corrected chi connectivity index (χ3v) is 5.58. The molecule has 4 heteroatoms. The number of nitrogens with one attached hydrogen (secondary N) is 2. The summed E-state index contributed by atoms with van der Waals surface area (Å²) in [5.41, 5.74) is 3.67. The van der Waals surface area contributed by atoms with Crippen LogP contribution in [0.5, 0.6) is 0 Å². The third-order valence-electron chi connectivity index (χ3n) is 4.36. The minimum atomic E-state index is 0.894. The predicted octanol–water partition coefficient (Wildman–Crippen LogP) is 4.09. The Morgan fingerprint density at radius 1 is 1.00 bits per heavy atom. The van der Waals surface area contributed by atoms with E-state index in [2.05, 4.69) is 52.8 Å². The Morgan fingerprint density at radius 2 is 1.91 bits per heavy atom. The van der Waals surface area contributed by atoms with Crippen molar-refractivity contribution in [3.8, 4) is 11.4 Å². The van der Waals surface area contributed by atoms with Gasteiger partial charge in [-0.3, -0.25) is 0 Å². The van der Waals surface area contributed by atoms with Crippen LogP contribution in [-0.4, -0.2) is 16.5 Å². The van der Waals surface area contributed by atoms with Crippen molar-refractivity contribution >= 4 is 31.5 Å². The maximum Gasteiger partial charge on any atom is 0.139 e. The van der Waals surface area contributed by atoms with Crippen molar-refractivity contribution in [1.29, 1.82) is 0 Å². The van der Waals surface area contributed by atoms with Crippen LogP contribution in [0.2, 0.25) is 0 Å². The summed E-state index contributed by atoms with van der Waals surface area (Å²) < 4.78 is 2.66. The van der Waals surface area contributed by atoms with Crippen molar-refractivity contribution in [3.05, 3.63) is 53.9 Å². The van der Waals surface area contributed by atoms with Crippen LogP contribution in [-0.2, 0) is 13.0 Å². The largest absolute Gasteiger partial charge is 0.341 e. The summed E-state index contributed by atoms with van der Waals surface area (Å²) in [5, 5.41) is 6.06.